The normalized spacial score (nSPS) is 13.5. The van der Waals surface area contributed by atoms with Crippen molar-refractivity contribution in [3.8, 4) is 11.5 Å². The molecule has 1 aliphatic rings. The van der Waals surface area contributed by atoms with E-state index in [4.69, 9.17) is 4.74 Å². The summed E-state index contributed by atoms with van der Waals surface area (Å²) in [5, 5.41) is 3.19. The van der Waals surface area contributed by atoms with Crippen molar-refractivity contribution >= 4 is 11.5 Å². The fraction of sp³-hybridized carbons (Fsp3) is 0.444. The number of rotatable bonds is 5. The van der Waals surface area contributed by atoms with Crippen molar-refractivity contribution in [1.29, 1.82) is 0 Å². The molecule has 0 spiro atoms. The average Bonchev–Trinajstić information content (AvgIpc) is 2.52. The number of ether oxygens (including phenoxy) is 1. The predicted molar refractivity (Wildman–Crippen MR) is 91.9 cm³/mol. The van der Waals surface area contributed by atoms with Crippen LogP contribution in [-0.2, 0) is 0 Å². The molecule has 0 bridgehead atoms. The molecule has 0 amide bonds. The van der Waals surface area contributed by atoms with Gasteiger partial charge in [0.25, 0.3) is 0 Å². The Labute approximate surface area is 136 Å². The lowest BCUT2D eigenvalue weighted by molar-refractivity contribution is 0.429. The van der Waals surface area contributed by atoms with Crippen LogP contribution in [0.15, 0.2) is 29.2 Å². The summed E-state index contributed by atoms with van der Waals surface area (Å²) in [4.78, 5) is 16.5. The van der Waals surface area contributed by atoms with Gasteiger partial charge in [0.05, 0.1) is 11.9 Å². The number of benzene rings is 1. The van der Waals surface area contributed by atoms with Gasteiger partial charge in [0.1, 0.15) is 0 Å². The van der Waals surface area contributed by atoms with Crippen LogP contribution in [0.25, 0.3) is 0 Å². The molecule has 1 atom stereocenters. The van der Waals surface area contributed by atoms with Gasteiger partial charge in [-0.15, -0.1) is 0 Å². The molecule has 0 radical (unpaired) electrons. The summed E-state index contributed by atoms with van der Waals surface area (Å²) in [6.07, 6.45) is 6.21. The minimum absolute atomic E-state index is 0.120. The topological polar surface area (TPSA) is 56.2 Å². The molecule has 0 fully saturated rings. The van der Waals surface area contributed by atoms with Gasteiger partial charge in [-0.3, -0.25) is 4.57 Å². The summed E-state index contributed by atoms with van der Waals surface area (Å²) in [5.41, 5.74) is 1.74. The van der Waals surface area contributed by atoms with Gasteiger partial charge in [-0.25, -0.2) is 4.79 Å². The van der Waals surface area contributed by atoms with E-state index in [0.717, 1.165) is 29.8 Å². The van der Waals surface area contributed by atoms with E-state index in [2.05, 4.69) is 24.1 Å². The lowest BCUT2D eigenvalue weighted by Crippen LogP contribution is -2.27. The molecule has 3 rings (SSSR count). The molecule has 1 aromatic carbocycles. The Hall–Kier alpha value is -2.30. The smallest absolute Gasteiger partial charge is 0.350 e. The van der Waals surface area contributed by atoms with Crippen molar-refractivity contribution in [2.45, 2.75) is 52.5 Å². The maximum Gasteiger partial charge on any atom is 0.350 e. The molecular formula is C18H23N3O2. The highest BCUT2D eigenvalue weighted by molar-refractivity contribution is 5.72. The average molecular weight is 313 g/mol. The fourth-order valence-electron chi connectivity index (χ4n) is 2.84. The number of aryl methyl sites for hydroxylation is 1. The van der Waals surface area contributed by atoms with E-state index in [9.17, 15) is 4.79 Å². The van der Waals surface area contributed by atoms with Crippen molar-refractivity contribution in [3.05, 3.63) is 40.4 Å². The van der Waals surface area contributed by atoms with Crippen LogP contribution < -0.4 is 15.7 Å². The summed E-state index contributed by atoms with van der Waals surface area (Å²) in [6.45, 7) is 6.25. The SMILES string of the molecule is CCCCC[C@H](C)n1cc2c(nc1=O)Nc1cc(C)ccc1O2. The summed E-state index contributed by atoms with van der Waals surface area (Å²) >= 11 is 0. The van der Waals surface area contributed by atoms with Crippen molar-refractivity contribution in [2.24, 2.45) is 0 Å². The largest absolute Gasteiger partial charge is 0.450 e. The number of hydrogen-bond donors (Lipinski definition) is 1. The monoisotopic (exact) mass is 313 g/mol. The molecule has 2 heterocycles. The molecule has 0 unspecified atom stereocenters. The number of nitrogens with zero attached hydrogens (tertiary/aromatic N) is 2. The highest BCUT2D eigenvalue weighted by Crippen LogP contribution is 2.40. The van der Waals surface area contributed by atoms with Gasteiger partial charge in [-0.2, -0.15) is 4.98 Å². The number of aromatic nitrogens is 2. The van der Waals surface area contributed by atoms with Gasteiger partial charge in [0.15, 0.2) is 17.3 Å². The first kappa shape index (κ1) is 15.6. The van der Waals surface area contributed by atoms with Crippen LogP contribution in [0, 0.1) is 6.92 Å². The molecule has 1 aliphatic heterocycles. The minimum Gasteiger partial charge on any atom is -0.450 e. The van der Waals surface area contributed by atoms with Gasteiger partial charge in [-0.1, -0.05) is 32.3 Å². The van der Waals surface area contributed by atoms with E-state index in [1.807, 2.05) is 25.1 Å². The third-order valence-corrected chi connectivity index (χ3v) is 4.23. The van der Waals surface area contributed by atoms with Crippen LogP contribution in [0.5, 0.6) is 11.5 Å². The minimum atomic E-state index is -0.236. The molecule has 122 valence electrons. The van der Waals surface area contributed by atoms with Crippen LogP contribution in [0.3, 0.4) is 0 Å². The lowest BCUT2D eigenvalue weighted by Gasteiger charge is -2.23. The lowest BCUT2D eigenvalue weighted by atomic mass is 10.1. The Morgan fingerprint density at radius 2 is 2.13 bits per heavy atom. The van der Waals surface area contributed by atoms with Crippen LogP contribution in [0.2, 0.25) is 0 Å². The summed E-state index contributed by atoms with van der Waals surface area (Å²) in [5.74, 6) is 1.85. The first-order valence-corrected chi connectivity index (χ1v) is 8.27. The molecule has 0 aliphatic carbocycles. The molecule has 5 heteroatoms. The highest BCUT2D eigenvalue weighted by atomic mass is 16.5. The van der Waals surface area contributed by atoms with Gasteiger partial charge < -0.3 is 10.1 Å². The number of unbranched alkanes of at least 4 members (excludes halogenated alkanes) is 2. The third-order valence-electron chi connectivity index (χ3n) is 4.23. The summed E-state index contributed by atoms with van der Waals surface area (Å²) in [6, 6.07) is 6.04. The summed E-state index contributed by atoms with van der Waals surface area (Å²) < 4.78 is 7.60. The molecule has 23 heavy (non-hydrogen) atoms. The Morgan fingerprint density at radius 3 is 2.91 bits per heavy atom. The molecule has 5 nitrogen and oxygen atoms in total. The van der Waals surface area contributed by atoms with E-state index in [0.29, 0.717) is 11.6 Å². The van der Waals surface area contributed by atoms with E-state index >= 15 is 0 Å². The number of nitrogens with one attached hydrogen (secondary N) is 1. The maximum atomic E-state index is 12.3. The second-order valence-corrected chi connectivity index (χ2v) is 6.22. The standard InChI is InChI=1S/C18H23N3O2/c1-4-5-6-7-13(3)21-11-16-17(20-18(21)22)19-14-10-12(2)8-9-15(14)23-16/h8-11,13H,4-7H2,1-3H3,(H,19,20,22)/t13-/m0/s1. The molecule has 1 aromatic heterocycles. The van der Waals surface area contributed by atoms with E-state index < -0.39 is 0 Å². The second-order valence-electron chi connectivity index (χ2n) is 6.22. The Balaban J connectivity index is 1.87. The number of fused-ring (bicyclic) bond motifs is 2. The van der Waals surface area contributed by atoms with Gasteiger partial charge in [0, 0.05) is 6.04 Å². The summed E-state index contributed by atoms with van der Waals surface area (Å²) in [7, 11) is 0. The molecule has 2 aromatic rings. The highest BCUT2D eigenvalue weighted by Gasteiger charge is 2.20. The van der Waals surface area contributed by atoms with E-state index in [1.165, 1.54) is 12.8 Å². The fourth-order valence-corrected chi connectivity index (χ4v) is 2.84. The van der Waals surface area contributed by atoms with Crippen LogP contribution >= 0.6 is 0 Å². The zero-order valence-corrected chi connectivity index (χ0v) is 13.9. The third kappa shape index (κ3) is 3.23. The van der Waals surface area contributed by atoms with Crippen LogP contribution in [0.4, 0.5) is 11.5 Å². The predicted octanol–water partition coefficient (Wildman–Crippen LogP) is 4.54. The quantitative estimate of drug-likeness (QED) is 0.702. The molecule has 0 saturated carbocycles. The van der Waals surface area contributed by atoms with E-state index in [1.54, 1.807) is 10.8 Å². The van der Waals surface area contributed by atoms with E-state index in [-0.39, 0.29) is 11.7 Å². The Morgan fingerprint density at radius 1 is 1.30 bits per heavy atom. The second kappa shape index (κ2) is 6.44. The zero-order valence-electron chi connectivity index (χ0n) is 13.9. The van der Waals surface area contributed by atoms with Gasteiger partial charge >= 0.3 is 5.69 Å². The zero-order chi connectivity index (χ0) is 16.4. The first-order chi connectivity index (χ1) is 11.1. The molecule has 1 N–H and O–H groups in total. The first-order valence-electron chi connectivity index (χ1n) is 8.27. The van der Waals surface area contributed by atoms with Crippen molar-refractivity contribution < 1.29 is 4.74 Å². The Kier molecular flexibility index (Phi) is 4.37. The van der Waals surface area contributed by atoms with Crippen LogP contribution in [0.1, 0.15) is 51.1 Å². The van der Waals surface area contributed by atoms with Crippen molar-refractivity contribution in [2.75, 3.05) is 5.32 Å². The van der Waals surface area contributed by atoms with Gasteiger partial charge in [-0.05, 0) is 38.0 Å². The van der Waals surface area contributed by atoms with Crippen molar-refractivity contribution in [3.63, 3.8) is 0 Å². The number of hydrogen-bond acceptors (Lipinski definition) is 4. The number of anilines is 2. The molecular weight excluding hydrogens is 290 g/mol. The van der Waals surface area contributed by atoms with Gasteiger partial charge in [0.2, 0.25) is 0 Å². The molecule has 0 saturated heterocycles. The van der Waals surface area contributed by atoms with Crippen LogP contribution in [-0.4, -0.2) is 9.55 Å². The maximum absolute atomic E-state index is 12.3. The Bertz CT molecular complexity index is 767. The van der Waals surface area contributed by atoms with Crippen molar-refractivity contribution in [1.82, 2.24) is 9.55 Å².